The smallest absolute Gasteiger partial charge is 0.255 e. The third kappa shape index (κ3) is 4.16. The summed E-state index contributed by atoms with van der Waals surface area (Å²) < 4.78 is 1.73. The third-order valence-corrected chi connectivity index (χ3v) is 4.05. The van der Waals surface area contributed by atoms with Crippen molar-refractivity contribution < 1.29 is 4.79 Å². The van der Waals surface area contributed by atoms with E-state index in [-0.39, 0.29) is 5.91 Å². The first kappa shape index (κ1) is 14.8. The van der Waals surface area contributed by atoms with Gasteiger partial charge in [0.1, 0.15) is 0 Å². The normalized spacial score (nSPS) is 10.3. The molecule has 98 valence electrons. The van der Waals surface area contributed by atoms with Gasteiger partial charge >= 0.3 is 0 Å². The van der Waals surface area contributed by atoms with Gasteiger partial charge in [0.15, 0.2) is 0 Å². The van der Waals surface area contributed by atoms with E-state index in [1.54, 1.807) is 12.1 Å². The zero-order chi connectivity index (χ0) is 13.8. The molecule has 0 aliphatic heterocycles. The molecule has 0 fully saturated rings. The van der Waals surface area contributed by atoms with E-state index in [1.165, 1.54) is 5.56 Å². The third-order valence-electron chi connectivity index (χ3n) is 2.49. The maximum atomic E-state index is 12.1. The van der Waals surface area contributed by atoms with Crippen molar-refractivity contribution in [3.8, 4) is 0 Å². The Morgan fingerprint density at radius 2 is 1.58 bits per heavy atom. The van der Waals surface area contributed by atoms with Crippen LogP contribution in [0.25, 0.3) is 0 Å². The van der Waals surface area contributed by atoms with Gasteiger partial charge in [-0.1, -0.05) is 59.9 Å². The Bertz CT molecular complexity index is 576. The summed E-state index contributed by atoms with van der Waals surface area (Å²) in [5.41, 5.74) is 2.56. The van der Waals surface area contributed by atoms with Crippen molar-refractivity contribution in [2.45, 2.75) is 5.33 Å². The van der Waals surface area contributed by atoms with Crippen molar-refractivity contribution in [1.82, 2.24) is 0 Å². The molecule has 2 aromatic rings. The molecule has 5 heteroatoms. The fourth-order valence-electron chi connectivity index (χ4n) is 1.57. The molecule has 1 amide bonds. The number of nitrogens with one attached hydrogen (secondary N) is 1. The molecule has 0 aliphatic carbocycles. The van der Waals surface area contributed by atoms with Crippen molar-refractivity contribution in [2.75, 3.05) is 5.32 Å². The average Bonchev–Trinajstić information content (AvgIpc) is 2.38. The number of anilines is 1. The topological polar surface area (TPSA) is 29.1 Å². The predicted octanol–water partition coefficient (Wildman–Crippen LogP) is 5.36. The number of hydrogen-bond donors (Lipinski definition) is 1. The maximum Gasteiger partial charge on any atom is 0.255 e. The fraction of sp³-hybridized carbons (Fsp3) is 0.0714. The number of carbonyl (C=O) groups is 1. The van der Waals surface area contributed by atoms with E-state index in [4.69, 9.17) is 0 Å². The molecule has 0 aliphatic rings. The molecule has 0 spiro atoms. The van der Waals surface area contributed by atoms with Crippen molar-refractivity contribution >= 4 is 59.4 Å². The Labute approximate surface area is 137 Å². The van der Waals surface area contributed by atoms with E-state index < -0.39 is 0 Å². The molecule has 19 heavy (non-hydrogen) atoms. The van der Waals surface area contributed by atoms with Crippen LogP contribution >= 0.6 is 47.8 Å². The van der Waals surface area contributed by atoms with Gasteiger partial charge in [-0.3, -0.25) is 4.79 Å². The molecule has 0 bridgehead atoms. The minimum atomic E-state index is -0.131. The molecular formula is C14H10Br3NO. The number of benzene rings is 2. The van der Waals surface area contributed by atoms with E-state index in [0.717, 1.165) is 20.0 Å². The number of hydrogen-bond acceptors (Lipinski definition) is 1. The Hall–Kier alpha value is -0.650. The molecule has 0 heterocycles. The zero-order valence-corrected chi connectivity index (χ0v) is 14.5. The molecule has 2 nitrogen and oxygen atoms in total. The molecule has 0 unspecified atom stereocenters. The quantitative estimate of drug-likeness (QED) is 0.630. The molecule has 1 N–H and O–H groups in total. The van der Waals surface area contributed by atoms with Crippen LogP contribution in [-0.2, 0) is 5.33 Å². The minimum Gasteiger partial charge on any atom is -0.322 e. The maximum absolute atomic E-state index is 12.1. The number of carbonyl (C=O) groups excluding carboxylic acids is 1. The lowest BCUT2D eigenvalue weighted by atomic mass is 10.2. The van der Waals surface area contributed by atoms with Crippen LogP contribution in [0.4, 0.5) is 5.69 Å². The summed E-state index contributed by atoms with van der Waals surface area (Å²) in [5.74, 6) is -0.131. The first-order chi connectivity index (χ1) is 9.08. The Balaban J connectivity index is 2.15. The fourth-order valence-corrected chi connectivity index (χ4v) is 3.23. The number of amides is 1. The van der Waals surface area contributed by atoms with Crippen LogP contribution in [0.15, 0.2) is 51.4 Å². The van der Waals surface area contributed by atoms with Crippen LogP contribution in [-0.4, -0.2) is 5.91 Å². The summed E-state index contributed by atoms with van der Waals surface area (Å²) in [6.07, 6.45) is 0. The minimum absolute atomic E-state index is 0.131. The molecule has 0 radical (unpaired) electrons. The molecule has 0 saturated carbocycles. The molecular weight excluding hydrogens is 438 g/mol. The van der Waals surface area contributed by atoms with E-state index in [9.17, 15) is 4.79 Å². The van der Waals surface area contributed by atoms with Crippen molar-refractivity contribution in [3.05, 3.63) is 62.5 Å². The van der Waals surface area contributed by atoms with Crippen molar-refractivity contribution in [2.24, 2.45) is 0 Å². The van der Waals surface area contributed by atoms with Gasteiger partial charge in [-0.2, -0.15) is 0 Å². The van der Waals surface area contributed by atoms with Gasteiger partial charge in [-0.25, -0.2) is 0 Å². The highest BCUT2D eigenvalue weighted by Crippen LogP contribution is 2.21. The highest BCUT2D eigenvalue weighted by molar-refractivity contribution is 9.11. The van der Waals surface area contributed by atoms with Gasteiger partial charge in [0.05, 0.1) is 0 Å². The Kier molecular flexibility index (Phi) is 5.19. The van der Waals surface area contributed by atoms with Crippen LogP contribution in [0.2, 0.25) is 0 Å². The van der Waals surface area contributed by atoms with Gasteiger partial charge in [0.25, 0.3) is 5.91 Å². The van der Waals surface area contributed by atoms with E-state index in [1.807, 2.05) is 30.3 Å². The molecule has 0 atom stereocenters. The summed E-state index contributed by atoms with van der Waals surface area (Å²) in [7, 11) is 0. The van der Waals surface area contributed by atoms with Crippen LogP contribution in [0.5, 0.6) is 0 Å². The van der Waals surface area contributed by atoms with Gasteiger partial charge in [0.2, 0.25) is 0 Å². The van der Waals surface area contributed by atoms with Crippen LogP contribution < -0.4 is 5.32 Å². The summed E-state index contributed by atoms with van der Waals surface area (Å²) in [5, 5.41) is 3.67. The van der Waals surface area contributed by atoms with Gasteiger partial charge in [-0.05, 0) is 35.9 Å². The standard InChI is InChI=1S/C14H10Br3NO/c15-8-9-1-3-13(4-2-9)18-14(19)10-5-11(16)7-12(17)6-10/h1-7H,8H2,(H,18,19). The Morgan fingerprint density at radius 1 is 1.00 bits per heavy atom. The van der Waals surface area contributed by atoms with E-state index >= 15 is 0 Å². The van der Waals surface area contributed by atoms with Gasteiger partial charge in [0, 0.05) is 25.5 Å². The second-order valence-electron chi connectivity index (χ2n) is 3.94. The largest absolute Gasteiger partial charge is 0.322 e. The number of rotatable bonds is 3. The molecule has 2 rings (SSSR count). The average molecular weight is 448 g/mol. The summed E-state index contributed by atoms with van der Waals surface area (Å²) in [6.45, 7) is 0. The monoisotopic (exact) mass is 445 g/mol. The second kappa shape index (κ2) is 6.68. The summed E-state index contributed by atoms with van der Waals surface area (Å²) in [4.78, 5) is 12.1. The predicted molar refractivity (Wildman–Crippen MR) is 88.9 cm³/mol. The lowest BCUT2D eigenvalue weighted by Crippen LogP contribution is -2.11. The van der Waals surface area contributed by atoms with E-state index in [0.29, 0.717) is 5.56 Å². The summed E-state index contributed by atoms with van der Waals surface area (Å²) in [6, 6.07) is 13.2. The number of halogens is 3. The lowest BCUT2D eigenvalue weighted by Gasteiger charge is -2.07. The first-order valence-electron chi connectivity index (χ1n) is 5.51. The highest BCUT2D eigenvalue weighted by Gasteiger charge is 2.08. The van der Waals surface area contributed by atoms with Crippen molar-refractivity contribution in [3.63, 3.8) is 0 Å². The van der Waals surface area contributed by atoms with Gasteiger partial charge in [-0.15, -0.1) is 0 Å². The SMILES string of the molecule is O=C(Nc1ccc(CBr)cc1)c1cc(Br)cc(Br)c1. The molecule has 0 saturated heterocycles. The van der Waals surface area contributed by atoms with Crippen LogP contribution in [0.3, 0.4) is 0 Å². The zero-order valence-electron chi connectivity index (χ0n) is 9.79. The van der Waals surface area contributed by atoms with E-state index in [2.05, 4.69) is 53.1 Å². The van der Waals surface area contributed by atoms with Gasteiger partial charge < -0.3 is 5.32 Å². The molecule has 0 aromatic heterocycles. The lowest BCUT2D eigenvalue weighted by molar-refractivity contribution is 0.102. The van der Waals surface area contributed by atoms with Crippen LogP contribution in [0.1, 0.15) is 15.9 Å². The Morgan fingerprint density at radius 3 is 2.11 bits per heavy atom. The first-order valence-corrected chi connectivity index (χ1v) is 8.21. The number of alkyl halides is 1. The second-order valence-corrected chi connectivity index (χ2v) is 6.33. The molecule has 2 aromatic carbocycles. The highest BCUT2D eigenvalue weighted by atomic mass is 79.9. The summed E-state index contributed by atoms with van der Waals surface area (Å²) >= 11 is 10.1. The van der Waals surface area contributed by atoms with Crippen LogP contribution in [0, 0.1) is 0 Å². The van der Waals surface area contributed by atoms with Crippen molar-refractivity contribution in [1.29, 1.82) is 0 Å².